The molecule has 0 aromatic heterocycles. The highest BCUT2D eigenvalue weighted by Crippen LogP contribution is 2.27. The van der Waals surface area contributed by atoms with E-state index in [1.54, 1.807) is 12.0 Å². The molecule has 0 bridgehead atoms. The van der Waals surface area contributed by atoms with Gasteiger partial charge in [0.25, 0.3) is 5.91 Å². The molecule has 0 saturated heterocycles. The largest absolute Gasteiger partial charge is 0.497 e. The number of methoxy groups -OCH3 is 1. The molecule has 2 atom stereocenters. The minimum absolute atomic E-state index is 0.291. The van der Waals surface area contributed by atoms with Crippen molar-refractivity contribution >= 4 is 11.5 Å². The topological polar surface area (TPSA) is 29.5 Å². The standard InChI is InChI=1S/C27H28FNO2/c1-20(28)27(30)29(21(2)22-14-16-25(31-3)17-15-22)19-18-26(23-10-6-4-7-11-23)24-12-8-5-9-13-24/h4-18,20-21H,19H2,1-3H3/t20?,21-/m1/s1. The summed E-state index contributed by atoms with van der Waals surface area (Å²) in [4.78, 5) is 14.3. The molecule has 0 N–H and O–H groups in total. The van der Waals surface area contributed by atoms with Crippen LogP contribution in [0.25, 0.3) is 5.57 Å². The zero-order valence-corrected chi connectivity index (χ0v) is 18.2. The highest BCUT2D eigenvalue weighted by atomic mass is 19.1. The number of alkyl halides is 1. The molecule has 3 aromatic carbocycles. The van der Waals surface area contributed by atoms with Gasteiger partial charge in [0.05, 0.1) is 13.2 Å². The van der Waals surface area contributed by atoms with Gasteiger partial charge in [0.1, 0.15) is 5.75 Å². The van der Waals surface area contributed by atoms with Crippen LogP contribution in [-0.2, 0) is 4.79 Å². The molecule has 0 heterocycles. The smallest absolute Gasteiger partial charge is 0.257 e. The van der Waals surface area contributed by atoms with E-state index in [1.165, 1.54) is 6.92 Å². The molecule has 1 amide bonds. The van der Waals surface area contributed by atoms with E-state index in [0.717, 1.165) is 28.0 Å². The first-order chi connectivity index (χ1) is 15.0. The first kappa shape index (κ1) is 22.3. The Labute approximate surface area is 183 Å². The molecule has 0 aliphatic rings. The van der Waals surface area contributed by atoms with Gasteiger partial charge in [-0.15, -0.1) is 0 Å². The molecule has 0 aliphatic heterocycles. The SMILES string of the molecule is COc1ccc([C@@H](C)N(CC=C(c2ccccc2)c2ccccc2)C(=O)C(C)F)cc1. The predicted molar refractivity (Wildman–Crippen MR) is 124 cm³/mol. The van der Waals surface area contributed by atoms with Crippen LogP contribution in [0.3, 0.4) is 0 Å². The molecule has 0 aliphatic carbocycles. The summed E-state index contributed by atoms with van der Waals surface area (Å²) in [6, 6.07) is 27.3. The van der Waals surface area contributed by atoms with Gasteiger partial charge < -0.3 is 9.64 Å². The average molecular weight is 418 g/mol. The van der Waals surface area contributed by atoms with Crippen LogP contribution in [0, 0.1) is 0 Å². The van der Waals surface area contributed by atoms with Gasteiger partial charge in [-0.3, -0.25) is 4.79 Å². The lowest BCUT2D eigenvalue weighted by atomic mass is 9.97. The second-order valence-corrected chi connectivity index (χ2v) is 7.41. The average Bonchev–Trinajstić information content (AvgIpc) is 2.82. The zero-order chi connectivity index (χ0) is 22.2. The molecule has 3 nitrogen and oxygen atoms in total. The summed E-state index contributed by atoms with van der Waals surface area (Å²) >= 11 is 0. The summed E-state index contributed by atoms with van der Waals surface area (Å²) in [6.45, 7) is 3.50. The third-order valence-electron chi connectivity index (χ3n) is 5.35. The number of rotatable bonds is 8. The number of benzene rings is 3. The zero-order valence-electron chi connectivity index (χ0n) is 18.2. The van der Waals surface area contributed by atoms with Gasteiger partial charge in [0.15, 0.2) is 6.17 Å². The van der Waals surface area contributed by atoms with Crippen molar-refractivity contribution in [3.8, 4) is 5.75 Å². The van der Waals surface area contributed by atoms with Crippen molar-refractivity contribution in [2.24, 2.45) is 0 Å². The Morgan fingerprint density at radius 1 is 0.903 bits per heavy atom. The normalized spacial score (nSPS) is 12.5. The fourth-order valence-corrected chi connectivity index (χ4v) is 3.56. The van der Waals surface area contributed by atoms with Gasteiger partial charge in [0.2, 0.25) is 0 Å². The van der Waals surface area contributed by atoms with Crippen molar-refractivity contribution in [3.63, 3.8) is 0 Å². The summed E-state index contributed by atoms with van der Waals surface area (Å²) in [5, 5.41) is 0. The van der Waals surface area contributed by atoms with Crippen molar-refractivity contribution < 1.29 is 13.9 Å². The number of carbonyl (C=O) groups is 1. The predicted octanol–water partition coefficient (Wildman–Crippen LogP) is 6.07. The van der Waals surface area contributed by atoms with Gasteiger partial charge in [-0.05, 0) is 48.2 Å². The Balaban J connectivity index is 1.96. The van der Waals surface area contributed by atoms with Crippen LogP contribution >= 0.6 is 0 Å². The molecule has 0 saturated carbocycles. The lowest BCUT2D eigenvalue weighted by Gasteiger charge is -2.30. The van der Waals surface area contributed by atoms with Gasteiger partial charge in [-0.1, -0.05) is 78.9 Å². The molecule has 3 aromatic rings. The van der Waals surface area contributed by atoms with Crippen molar-refractivity contribution in [1.29, 1.82) is 0 Å². The van der Waals surface area contributed by atoms with E-state index in [0.29, 0.717) is 6.54 Å². The summed E-state index contributed by atoms with van der Waals surface area (Å²) in [5.41, 5.74) is 4.02. The fourth-order valence-electron chi connectivity index (χ4n) is 3.56. The van der Waals surface area contributed by atoms with Crippen LogP contribution in [0.1, 0.15) is 36.6 Å². The molecule has 0 fully saturated rings. The van der Waals surface area contributed by atoms with Crippen LogP contribution < -0.4 is 4.74 Å². The van der Waals surface area contributed by atoms with E-state index in [9.17, 15) is 9.18 Å². The van der Waals surface area contributed by atoms with Crippen molar-refractivity contribution in [3.05, 3.63) is 108 Å². The Kier molecular flexibility index (Phi) is 7.60. The van der Waals surface area contributed by atoms with Gasteiger partial charge >= 0.3 is 0 Å². The van der Waals surface area contributed by atoms with E-state index < -0.39 is 12.1 Å². The van der Waals surface area contributed by atoms with Crippen LogP contribution in [0.4, 0.5) is 4.39 Å². The Hall–Kier alpha value is -3.40. The van der Waals surface area contributed by atoms with Crippen molar-refractivity contribution in [2.45, 2.75) is 26.1 Å². The first-order valence-electron chi connectivity index (χ1n) is 10.4. The number of halogens is 1. The van der Waals surface area contributed by atoms with E-state index in [4.69, 9.17) is 4.74 Å². The summed E-state index contributed by atoms with van der Waals surface area (Å²) in [6.07, 6.45) is 0.427. The molecule has 1 unspecified atom stereocenters. The quantitative estimate of drug-likeness (QED) is 0.445. The summed E-state index contributed by atoms with van der Waals surface area (Å²) in [7, 11) is 1.61. The lowest BCUT2D eigenvalue weighted by Crippen LogP contribution is -2.38. The molecular formula is C27H28FNO2. The second kappa shape index (κ2) is 10.6. The molecule has 0 radical (unpaired) electrons. The van der Waals surface area contributed by atoms with Crippen LogP contribution in [-0.4, -0.2) is 30.6 Å². The van der Waals surface area contributed by atoms with E-state index >= 15 is 0 Å². The number of ether oxygens (including phenoxy) is 1. The minimum Gasteiger partial charge on any atom is -0.497 e. The Morgan fingerprint density at radius 3 is 1.87 bits per heavy atom. The van der Waals surface area contributed by atoms with E-state index in [1.807, 2.05) is 97.9 Å². The Bertz CT molecular complexity index is 957. The number of hydrogen-bond acceptors (Lipinski definition) is 2. The molecule has 4 heteroatoms. The first-order valence-corrected chi connectivity index (χ1v) is 10.4. The molecule has 3 rings (SSSR count). The van der Waals surface area contributed by atoms with Gasteiger partial charge in [-0.2, -0.15) is 0 Å². The third kappa shape index (κ3) is 5.60. The highest BCUT2D eigenvalue weighted by Gasteiger charge is 2.25. The molecule has 160 valence electrons. The number of carbonyl (C=O) groups excluding carboxylic acids is 1. The maximum Gasteiger partial charge on any atom is 0.257 e. The molecular weight excluding hydrogens is 389 g/mol. The minimum atomic E-state index is -1.58. The van der Waals surface area contributed by atoms with Crippen molar-refractivity contribution in [2.75, 3.05) is 13.7 Å². The number of nitrogens with zero attached hydrogens (tertiary/aromatic N) is 1. The lowest BCUT2D eigenvalue weighted by molar-refractivity contribution is -0.137. The number of amides is 1. The van der Waals surface area contributed by atoms with Crippen LogP contribution in [0.5, 0.6) is 5.75 Å². The van der Waals surface area contributed by atoms with E-state index in [-0.39, 0.29) is 6.04 Å². The maximum absolute atomic E-state index is 14.1. The van der Waals surface area contributed by atoms with Crippen molar-refractivity contribution in [1.82, 2.24) is 4.90 Å². The summed E-state index contributed by atoms with van der Waals surface area (Å²) in [5.74, 6) is 0.211. The number of hydrogen-bond donors (Lipinski definition) is 0. The van der Waals surface area contributed by atoms with Gasteiger partial charge in [-0.25, -0.2) is 4.39 Å². The molecule has 31 heavy (non-hydrogen) atoms. The second-order valence-electron chi connectivity index (χ2n) is 7.41. The molecule has 0 spiro atoms. The third-order valence-corrected chi connectivity index (χ3v) is 5.35. The van der Waals surface area contributed by atoms with Gasteiger partial charge in [0, 0.05) is 6.54 Å². The monoisotopic (exact) mass is 417 g/mol. The van der Waals surface area contributed by atoms with Crippen LogP contribution in [0.15, 0.2) is 91.0 Å². The summed E-state index contributed by atoms with van der Waals surface area (Å²) < 4.78 is 19.3. The van der Waals surface area contributed by atoms with E-state index in [2.05, 4.69) is 0 Å². The highest BCUT2D eigenvalue weighted by molar-refractivity contribution is 5.83. The Morgan fingerprint density at radius 2 is 1.42 bits per heavy atom. The van der Waals surface area contributed by atoms with Crippen LogP contribution in [0.2, 0.25) is 0 Å². The fraction of sp³-hybridized carbons (Fsp3) is 0.222. The maximum atomic E-state index is 14.1.